The molecule has 8 nitrogen and oxygen atoms in total. The maximum absolute atomic E-state index is 13.1. The summed E-state index contributed by atoms with van der Waals surface area (Å²) in [4.78, 5) is 23.4. The van der Waals surface area contributed by atoms with E-state index in [1.807, 2.05) is 21.1 Å². The van der Waals surface area contributed by atoms with Gasteiger partial charge in [-0.3, -0.25) is 13.8 Å². The number of nitrogens with one attached hydrogen (secondary N) is 1. The molecule has 0 rings (SSSR count). The summed E-state index contributed by atoms with van der Waals surface area (Å²) < 4.78 is 23.9. The van der Waals surface area contributed by atoms with Crippen molar-refractivity contribution in [2.75, 3.05) is 40.9 Å². The molecule has 0 spiro atoms. The van der Waals surface area contributed by atoms with Crippen molar-refractivity contribution in [3.8, 4) is 0 Å². The Bertz CT molecular complexity index is 1340. The first-order valence-electron chi connectivity index (χ1n) is 35.2. The third-order valence-electron chi connectivity index (χ3n) is 16.5. The van der Waals surface area contributed by atoms with E-state index < -0.39 is 20.0 Å². The van der Waals surface area contributed by atoms with Crippen molar-refractivity contribution in [3.63, 3.8) is 0 Å². The van der Waals surface area contributed by atoms with E-state index in [9.17, 15) is 19.4 Å². The van der Waals surface area contributed by atoms with Crippen LogP contribution >= 0.6 is 7.82 Å². The number of rotatable bonds is 66. The molecule has 3 atom stereocenters. The number of amides is 1. The molecule has 79 heavy (non-hydrogen) atoms. The number of hydrogen-bond acceptors (Lipinski definition) is 5. The molecule has 1 amide bonds. The lowest BCUT2D eigenvalue weighted by Gasteiger charge is -2.26. The quantitative estimate of drug-likeness (QED) is 0.0243. The number of carbonyl (C=O) groups excluding carboxylic acids is 1. The molecular weight excluding hydrogens is 996 g/mol. The predicted octanol–water partition coefficient (Wildman–Crippen LogP) is 22.3. The van der Waals surface area contributed by atoms with Gasteiger partial charge in [0.1, 0.15) is 13.2 Å². The highest BCUT2D eigenvalue weighted by molar-refractivity contribution is 7.47. The van der Waals surface area contributed by atoms with E-state index in [1.54, 1.807) is 0 Å². The molecule has 0 aromatic carbocycles. The van der Waals surface area contributed by atoms with Crippen LogP contribution in [-0.4, -0.2) is 73.4 Å². The Hall–Kier alpha value is -1.02. The Morgan fingerprint density at radius 2 is 0.722 bits per heavy atom. The number of unbranched alkanes of at least 4 members (excludes halogenated alkanes) is 49. The van der Waals surface area contributed by atoms with E-state index in [4.69, 9.17) is 9.05 Å². The number of nitrogens with zero attached hydrogens (tertiary/aromatic N) is 1. The molecule has 0 saturated heterocycles. The SMILES string of the molecule is CCCCCCC/C=C\C/C=C\CCCCCCCCCCCCCCCCCCCCCCCCCCCCCC(=O)NC(COP(=O)(O)OCC[N+](C)(C)C)C(O)CCCCCCCCCCCCCCCCCCCC. The van der Waals surface area contributed by atoms with Crippen molar-refractivity contribution in [1.82, 2.24) is 5.32 Å². The predicted molar refractivity (Wildman–Crippen MR) is 346 cm³/mol. The van der Waals surface area contributed by atoms with Gasteiger partial charge in [-0.25, -0.2) is 4.57 Å². The number of phosphoric ester groups is 1. The lowest BCUT2D eigenvalue weighted by atomic mass is 10.0. The van der Waals surface area contributed by atoms with Crippen molar-refractivity contribution in [1.29, 1.82) is 0 Å². The largest absolute Gasteiger partial charge is 0.472 e. The second kappa shape index (κ2) is 61.5. The summed E-state index contributed by atoms with van der Waals surface area (Å²) in [5, 5.41) is 14.1. The van der Waals surface area contributed by atoms with Gasteiger partial charge in [-0.1, -0.05) is 340 Å². The molecule has 3 unspecified atom stereocenters. The van der Waals surface area contributed by atoms with Crippen LogP contribution in [0.1, 0.15) is 367 Å². The second-order valence-corrected chi connectivity index (χ2v) is 27.1. The van der Waals surface area contributed by atoms with E-state index in [-0.39, 0.29) is 19.1 Å². The highest BCUT2D eigenvalue weighted by atomic mass is 31.2. The Morgan fingerprint density at radius 3 is 1.04 bits per heavy atom. The van der Waals surface area contributed by atoms with Crippen molar-refractivity contribution in [2.24, 2.45) is 0 Å². The van der Waals surface area contributed by atoms with Crippen LogP contribution < -0.4 is 5.32 Å². The zero-order valence-corrected chi connectivity index (χ0v) is 54.8. The summed E-state index contributed by atoms with van der Waals surface area (Å²) in [6.45, 7) is 4.93. The fraction of sp³-hybridized carbons (Fsp3) is 0.929. The fourth-order valence-corrected chi connectivity index (χ4v) is 11.7. The van der Waals surface area contributed by atoms with Crippen molar-refractivity contribution in [2.45, 2.75) is 379 Å². The van der Waals surface area contributed by atoms with E-state index in [2.05, 4.69) is 43.5 Å². The number of carbonyl (C=O) groups is 1. The van der Waals surface area contributed by atoms with Gasteiger partial charge in [0, 0.05) is 6.42 Å². The maximum Gasteiger partial charge on any atom is 0.472 e. The van der Waals surface area contributed by atoms with Gasteiger partial charge in [0.2, 0.25) is 5.91 Å². The Labute approximate surface area is 494 Å². The first-order valence-corrected chi connectivity index (χ1v) is 36.7. The van der Waals surface area contributed by atoms with E-state index in [1.165, 1.54) is 295 Å². The summed E-state index contributed by atoms with van der Waals surface area (Å²) in [5.41, 5.74) is 0. The number of aliphatic hydroxyl groups excluding tert-OH is 1. The molecule has 0 bridgehead atoms. The van der Waals surface area contributed by atoms with Crippen LogP contribution in [0.15, 0.2) is 24.3 Å². The third-order valence-corrected chi connectivity index (χ3v) is 17.4. The van der Waals surface area contributed by atoms with Crippen LogP contribution in [0.25, 0.3) is 0 Å². The Balaban J connectivity index is 3.87. The summed E-state index contributed by atoms with van der Waals surface area (Å²) in [6, 6.07) is -0.758. The molecule has 470 valence electrons. The lowest BCUT2D eigenvalue weighted by molar-refractivity contribution is -0.870. The second-order valence-electron chi connectivity index (χ2n) is 25.6. The smallest absolute Gasteiger partial charge is 0.391 e. The van der Waals surface area contributed by atoms with Gasteiger partial charge in [0.15, 0.2) is 0 Å². The molecule has 3 N–H and O–H groups in total. The molecule has 0 aliphatic heterocycles. The minimum Gasteiger partial charge on any atom is -0.391 e. The summed E-state index contributed by atoms with van der Waals surface area (Å²) in [7, 11) is 1.64. The molecule has 0 aromatic heterocycles. The van der Waals surface area contributed by atoms with Crippen molar-refractivity contribution < 1.29 is 32.9 Å². The average molecular weight is 1140 g/mol. The van der Waals surface area contributed by atoms with Crippen molar-refractivity contribution >= 4 is 13.7 Å². The van der Waals surface area contributed by atoms with Crippen LogP contribution in [0.5, 0.6) is 0 Å². The topological polar surface area (TPSA) is 105 Å². The Kier molecular flexibility index (Phi) is 60.7. The number of aliphatic hydroxyl groups is 1. The molecule has 0 radical (unpaired) electrons. The highest BCUT2D eigenvalue weighted by Gasteiger charge is 2.28. The van der Waals surface area contributed by atoms with E-state index in [0.717, 1.165) is 44.9 Å². The normalized spacial score (nSPS) is 13.8. The summed E-state index contributed by atoms with van der Waals surface area (Å²) in [5.74, 6) is -0.135. The molecule has 0 saturated carbocycles. The zero-order valence-electron chi connectivity index (χ0n) is 53.9. The van der Waals surface area contributed by atoms with Gasteiger partial charge in [-0.15, -0.1) is 0 Å². The number of likely N-dealkylation sites (N-methyl/N-ethyl adjacent to an activating group) is 1. The third kappa shape index (κ3) is 64.4. The first kappa shape index (κ1) is 78.0. The molecule has 0 aliphatic rings. The molecule has 0 aliphatic carbocycles. The highest BCUT2D eigenvalue weighted by Crippen LogP contribution is 2.43. The number of allylic oxidation sites excluding steroid dienone is 4. The van der Waals surface area contributed by atoms with Gasteiger partial charge in [0.05, 0.1) is 39.9 Å². The fourth-order valence-electron chi connectivity index (χ4n) is 11.0. The zero-order chi connectivity index (χ0) is 57.7. The molecule has 0 heterocycles. The Morgan fingerprint density at radius 1 is 0.430 bits per heavy atom. The standard InChI is InChI=1S/C70H139N2O6P/c1-6-8-10-12-14-16-18-20-22-24-26-27-28-29-30-31-32-33-34-35-36-37-38-39-40-41-42-43-44-45-46-48-50-52-54-56-58-60-62-64-70(74)71-68(67-78-79(75,76)77-66-65-72(3,4)5)69(73)63-61-59-57-55-53-51-49-47-25-23-21-19-17-15-13-11-9-7-2/h18,20,24,26,68-69,73H,6-17,19,21-23,25,27-67H2,1-5H3,(H-,71,74,75,76)/p+1/b20-18-,26-24-. The molecular formula is C70H140N2O6P+. The van der Waals surface area contributed by atoms with Gasteiger partial charge < -0.3 is 19.8 Å². The molecule has 0 fully saturated rings. The van der Waals surface area contributed by atoms with Crippen LogP contribution in [-0.2, 0) is 18.4 Å². The summed E-state index contributed by atoms with van der Waals surface area (Å²) in [6.07, 6.45) is 80.1. The molecule has 9 heteroatoms. The minimum absolute atomic E-state index is 0.0781. The van der Waals surface area contributed by atoms with Crippen LogP contribution in [0.4, 0.5) is 0 Å². The van der Waals surface area contributed by atoms with Crippen LogP contribution in [0.3, 0.4) is 0 Å². The van der Waals surface area contributed by atoms with Crippen LogP contribution in [0, 0.1) is 0 Å². The maximum atomic E-state index is 13.1. The number of phosphoric acid groups is 1. The van der Waals surface area contributed by atoms with E-state index in [0.29, 0.717) is 23.9 Å². The average Bonchev–Trinajstić information content (AvgIpc) is 3.42. The number of hydrogen-bond donors (Lipinski definition) is 3. The monoisotopic (exact) mass is 1140 g/mol. The van der Waals surface area contributed by atoms with Crippen LogP contribution in [0.2, 0.25) is 0 Å². The van der Waals surface area contributed by atoms with Gasteiger partial charge in [0.25, 0.3) is 0 Å². The lowest BCUT2D eigenvalue weighted by Crippen LogP contribution is -2.46. The first-order chi connectivity index (χ1) is 38.5. The molecule has 0 aromatic rings. The van der Waals surface area contributed by atoms with Gasteiger partial charge in [-0.2, -0.15) is 0 Å². The minimum atomic E-state index is -4.32. The van der Waals surface area contributed by atoms with E-state index >= 15 is 0 Å². The number of quaternary nitrogens is 1. The van der Waals surface area contributed by atoms with Gasteiger partial charge in [-0.05, 0) is 44.9 Å². The van der Waals surface area contributed by atoms with Gasteiger partial charge >= 0.3 is 7.82 Å². The van der Waals surface area contributed by atoms with Crippen molar-refractivity contribution in [3.05, 3.63) is 24.3 Å². The summed E-state index contributed by atoms with van der Waals surface area (Å²) >= 11 is 0.